The molecule has 29 heavy (non-hydrogen) atoms. The van der Waals surface area contributed by atoms with Crippen LogP contribution >= 0.6 is 0 Å². The monoisotopic (exact) mass is 414 g/mol. The Bertz CT molecular complexity index is 1000. The highest BCUT2D eigenvalue weighted by molar-refractivity contribution is 7.92. The summed E-state index contributed by atoms with van der Waals surface area (Å²) < 4.78 is 25.6. The Morgan fingerprint density at radius 2 is 1.90 bits per heavy atom. The summed E-state index contributed by atoms with van der Waals surface area (Å²) in [6, 6.07) is 11.2. The van der Waals surface area contributed by atoms with Gasteiger partial charge in [-0.1, -0.05) is 6.07 Å². The highest BCUT2D eigenvalue weighted by Gasteiger charge is 2.33. The number of nitrogens with zero attached hydrogens (tertiary/aromatic N) is 4. The van der Waals surface area contributed by atoms with Crippen LogP contribution in [0.5, 0.6) is 0 Å². The smallest absolute Gasteiger partial charge is 0.253 e. The van der Waals surface area contributed by atoms with E-state index in [1.165, 1.54) is 10.6 Å². The molecular formula is C21H26N4O3S. The topological polar surface area (TPSA) is 73.8 Å². The Kier molecular flexibility index (Phi) is 5.31. The summed E-state index contributed by atoms with van der Waals surface area (Å²) in [5.74, 6) is 0.00995. The molecule has 8 heteroatoms. The van der Waals surface area contributed by atoms with E-state index < -0.39 is 10.0 Å². The predicted molar refractivity (Wildman–Crippen MR) is 112 cm³/mol. The van der Waals surface area contributed by atoms with E-state index in [0.29, 0.717) is 30.8 Å². The number of pyridine rings is 1. The fraction of sp³-hybridized carbons (Fsp3) is 0.429. The largest absolute Gasteiger partial charge is 0.336 e. The van der Waals surface area contributed by atoms with E-state index in [4.69, 9.17) is 0 Å². The molecule has 2 aliphatic heterocycles. The Labute approximate surface area is 172 Å². The molecule has 1 amide bonds. The maximum Gasteiger partial charge on any atom is 0.253 e. The molecule has 1 unspecified atom stereocenters. The number of hydrogen-bond acceptors (Lipinski definition) is 5. The number of anilines is 1. The first-order chi connectivity index (χ1) is 13.8. The lowest BCUT2D eigenvalue weighted by atomic mass is 10.1. The summed E-state index contributed by atoms with van der Waals surface area (Å²) >= 11 is 0. The molecule has 0 radical (unpaired) electrons. The van der Waals surface area contributed by atoms with Gasteiger partial charge in [-0.05, 0) is 49.2 Å². The molecule has 1 saturated heterocycles. The van der Waals surface area contributed by atoms with E-state index in [2.05, 4.69) is 9.88 Å². The summed E-state index contributed by atoms with van der Waals surface area (Å²) in [6.07, 6.45) is 3.65. The molecule has 0 N–H and O–H groups in total. The van der Waals surface area contributed by atoms with Crippen molar-refractivity contribution in [1.29, 1.82) is 0 Å². The average Bonchev–Trinajstić information content (AvgIpc) is 3.04. The first-order valence-electron chi connectivity index (χ1n) is 9.87. The number of carbonyl (C=O) groups is 1. The van der Waals surface area contributed by atoms with Crippen LogP contribution in [0, 0.1) is 0 Å². The van der Waals surface area contributed by atoms with Gasteiger partial charge < -0.3 is 4.90 Å². The minimum Gasteiger partial charge on any atom is -0.336 e. The molecule has 2 aromatic rings. The molecule has 7 nitrogen and oxygen atoms in total. The van der Waals surface area contributed by atoms with Gasteiger partial charge in [0.05, 0.1) is 17.6 Å². The van der Waals surface area contributed by atoms with E-state index in [0.717, 1.165) is 30.9 Å². The summed E-state index contributed by atoms with van der Waals surface area (Å²) in [6.45, 7) is 5.66. The van der Waals surface area contributed by atoms with Gasteiger partial charge in [0, 0.05) is 50.5 Å². The maximum absolute atomic E-state index is 13.0. The molecule has 1 aromatic heterocycles. The van der Waals surface area contributed by atoms with E-state index >= 15 is 0 Å². The normalized spacial score (nSPS) is 20.0. The second-order valence-corrected chi connectivity index (χ2v) is 9.70. The van der Waals surface area contributed by atoms with Crippen LogP contribution in [0.4, 0.5) is 5.69 Å². The quantitative estimate of drug-likeness (QED) is 0.762. The van der Waals surface area contributed by atoms with Crippen molar-refractivity contribution in [3.63, 3.8) is 0 Å². The van der Waals surface area contributed by atoms with Gasteiger partial charge in [-0.25, -0.2) is 8.42 Å². The Morgan fingerprint density at radius 3 is 2.55 bits per heavy atom. The van der Waals surface area contributed by atoms with Gasteiger partial charge in [0.1, 0.15) is 0 Å². The van der Waals surface area contributed by atoms with Crippen LogP contribution in [-0.4, -0.2) is 67.6 Å². The van der Waals surface area contributed by atoms with Crippen molar-refractivity contribution >= 4 is 21.6 Å². The van der Waals surface area contributed by atoms with Crippen LogP contribution in [0.2, 0.25) is 0 Å². The van der Waals surface area contributed by atoms with Crippen molar-refractivity contribution in [3.05, 3.63) is 59.4 Å². The zero-order valence-corrected chi connectivity index (χ0v) is 17.6. The highest BCUT2D eigenvalue weighted by Crippen LogP contribution is 2.35. The number of piperazine rings is 1. The Balaban J connectivity index is 1.42. The molecule has 4 rings (SSSR count). The van der Waals surface area contributed by atoms with E-state index in [9.17, 15) is 13.2 Å². The van der Waals surface area contributed by atoms with Crippen LogP contribution < -0.4 is 4.31 Å². The van der Waals surface area contributed by atoms with Gasteiger partial charge in [0.25, 0.3) is 5.91 Å². The molecule has 3 heterocycles. The van der Waals surface area contributed by atoms with Crippen molar-refractivity contribution in [2.75, 3.05) is 36.7 Å². The van der Waals surface area contributed by atoms with Crippen LogP contribution in [0.1, 0.15) is 28.5 Å². The average molecular weight is 415 g/mol. The van der Waals surface area contributed by atoms with Crippen molar-refractivity contribution < 1.29 is 13.2 Å². The predicted octanol–water partition coefficient (Wildman–Crippen LogP) is 1.75. The molecule has 154 valence electrons. The number of sulfonamides is 1. The third-order valence-electron chi connectivity index (χ3n) is 5.61. The molecule has 0 saturated carbocycles. The Morgan fingerprint density at radius 1 is 1.14 bits per heavy atom. The van der Waals surface area contributed by atoms with E-state index in [1.54, 1.807) is 18.3 Å². The van der Waals surface area contributed by atoms with Crippen molar-refractivity contribution in [2.24, 2.45) is 0 Å². The van der Waals surface area contributed by atoms with Crippen LogP contribution in [0.25, 0.3) is 0 Å². The van der Waals surface area contributed by atoms with Gasteiger partial charge in [-0.15, -0.1) is 0 Å². The highest BCUT2D eigenvalue weighted by atomic mass is 32.2. The zero-order valence-electron chi connectivity index (χ0n) is 16.8. The van der Waals surface area contributed by atoms with Gasteiger partial charge in [0.15, 0.2) is 0 Å². The summed E-state index contributed by atoms with van der Waals surface area (Å²) in [5.41, 5.74) is 3.28. The molecule has 0 bridgehead atoms. The number of benzene rings is 1. The Hall–Kier alpha value is -2.45. The lowest BCUT2D eigenvalue weighted by molar-refractivity contribution is 0.0627. The lowest BCUT2D eigenvalue weighted by Crippen LogP contribution is -2.48. The first-order valence-corrected chi connectivity index (χ1v) is 11.7. The van der Waals surface area contributed by atoms with Crippen molar-refractivity contribution in [3.8, 4) is 0 Å². The molecule has 2 aliphatic rings. The molecule has 1 atom stereocenters. The summed E-state index contributed by atoms with van der Waals surface area (Å²) in [5, 5.41) is 0. The number of hydrogen-bond donors (Lipinski definition) is 0. The third kappa shape index (κ3) is 4.13. The standard InChI is InChI=1S/C21H26N4O3S/c1-16-13-18-14-17(6-7-20(18)25(16)29(2,27)28)21(26)24-11-9-23(10-12-24)15-19-5-3-4-8-22-19/h3-8,14,16H,9-13,15H2,1-2H3. The van der Waals surface area contributed by atoms with Gasteiger partial charge in [0.2, 0.25) is 10.0 Å². The van der Waals surface area contributed by atoms with Crippen LogP contribution in [0.3, 0.4) is 0 Å². The van der Waals surface area contributed by atoms with Gasteiger partial charge >= 0.3 is 0 Å². The second kappa shape index (κ2) is 7.76. The number of carbonyl (C=O) groups excluding carboxylic acids is 1. The molecule has 0 aliphatic carbocycles. The fourth-order valence-electron chi connectivity index (χ4n) is 4.25. The van der Waals surface area contributed by atoms with E-state index in [-0.39, 0.29) is 11.9 Å². The second-order valence-electron chi connectivity index (χ2n) is 7.84. The first kappa shape index (κ1) is 19.8. The molecular weight excluding hydrogens is 388 g/mol. The minimum absolute atomic E-state index is 0.00995. The zero-order chi connectivity index (χ0) is 20.6. The lowest BCUT2D eigenvalue weighted by Gasteiger charge is -2.34. The molecule has 1 fully saturated rings. The van der Waals surface area contributed by atoms with Crippen LogP contribution in [0.15, 0.2) is 42.6 Å². The molecule has 0 spiro atoms. The van der Waals surface area contributed by atoms with Gasteiger partial charge in [-0.2, -0.15) is 0 Å². The number of rotatable bonds is 4. The summed E-state index contributed by atoms with van der Waals surface area (Å²) in [7, 11) is -3.32. The number of amides is 1. The van der Waals surface area contributed by atoms with Crippen molar-refractivity contribution in [2.45, 2.75) is 25.9 Å². The SMILES string of the molecule is CC1Cc2cc(C(=O)N3CCN(Cc4ccccn4)CC3)ccc2N1S(C)(=O)=O. The van der Waals surface area contributed by atoms with Crippen LogP contribution in [-0.2, 0) is 23.0 Å². The van der Waals surface area contributed by atoms with Gasteiger partial charge in [-0.3, -0.25) is 19.0 Å². The number of fused-ring (bicyclic) bond motifs is 1. The fourth-order valence-corrected chi connectivity index (χ4v) is 5.52. The maximum atomic E-state index is 13.0. The minimum atomic E-state index is -3.32. The third-order valence-corrected chi connectivity index (χ3v) is 6.88. The number of aromatic nitrogens is 1. The van der Waals surface area contributed by atoms with Crippen molar-refractivity contribution in [1.82, 2.24) is 14.8 Å². The summed E-state index contributed by atoms with van der Waals surface area (Å²) in [4.78, 5) is 21.5. The van der Waals surface area contributed by atoms with E-state index in [1.807, 2.05) is 36.1 Å². The molecule has 1 aromatic carbocycles.